The lowest BCUT2D eigenvalue weighted by Gasteiger charge is -2.38. The van der Waals surface area contributed by atoms with Gasteiger partial charge in [0.2, 0.25) is 5.91 Å². The smallest absolute Gasteiger partial charge is 0.265 e. The Morgan fingerprint density at radius 1 is 1.00 bits per heavy atom. The zero-order valence-corrected chi connectivity index (χ0v) is 19.0. The highest BCUT2D eigenvalue weighted by Crippen LogP contribution is 2.35. The molecule has 9 heteroatoms. The Morgan fingerprint density at radius 2 is 1.71 bits per heavy atom. The number of nitrogens with one attached hydrogen (secondary N) is 1. The number of rotatable bonds is 4. The van der Waals surface area contributed by atoms with Gasteiger partial charge < -0.3 is 19.9 Å². The minimum atomic E-state index is -0.658. The second kappa shape index (κ2) is 9.55. The van der Waals surface area contributed by atoms with Crippen molar-refractivity contribution in [2.24, 2.45) is 0 Å². The molecular formula is C22H22Cl3N3O3. The van der Waals surface area contributed by atoms with E-state index in [9.17, 15) is 9.59 Å². The Kier molecular flexibility index (Phi) is 6.80. The normalized spacial score (nSPS) is 18.2. The topological polar surface area (TPSA) is 61.9 Å². The fourth-order valence-electron chi connectivity index (χ4n) is 3.88. The Bertz CT molecular complexity index is 995. The number of nitrogens with zero attached hydrogens (tertiary/aromatic N) is 2. The molecule has 0 saturated carbocycles. The number of piperidine rings is 1. The summed E-state index contributed by atoms with van der Waals surface area (Å²) in [5, 5.41) is 3.67. The van der Waals surface area contributed by atoms with Gasteiger partial charge in [0, 0.05) is 13.1 Å². The number of anilines is 2. The monoisotopic (exact) mass is 481 g/mol. The molecule has 2 aromatic rings. The van der Waals surface area contributed by atoms with Crippen LogP contribution in [0.5, 0.6) is 5.75 Å². The summed E-state index contributed by atoms with van der Waals surface area (Å²) in [6, 6.07) is 10.4. The van der Waals surface area contributed by atoms with Crippen LogP contribution in [0.4, 0.5) is 11.4 Å². The average molecular weight is 483 g/mol. The van der Waals surface area contributed by atoms with Gasteiger partial charge in [-0.15, -0.1) is 0 Å². The maximum atomic E-state index is 13.0. The first kappa shape index (κ1) is 22.1. The molecule has 0 radical (unpaired) electrons. The highest BCUT2D eigenvalue weighted by atomic mass is 35.5. The summed E-state index contributed by atoms with van der Waals surface area (Å²) in [6.45, 7) is 1.81. The number of hydrogen-bond acceptors (Lipinski definition) is 4. The summed E-state index contributed by atoms with van der Waals surface area (Å²) in [5.41, 5.74) is 1.14. The number of halogens is 3. The molecule has 2 heterocycles. The summed E-state index contributed by atoms with van der Waals surface area (Å²) in [4.78, 5) is 29.5. The van der Waals surface area contributed by atoms with E-state index in [2.05, 4.69) is 5.32 Å². The van der Waals surface area contributed by atoms with Crippen LogP contribution in [-0.4, -0.2) is 49.0 Å². The van der Waals surface area contributed by atoms with E-state index in [4.69, 9.17) is 39.5 Å². The number of fused-ring (bicyclic) bond motifs is 1. The SMILES string of the molecule is O=C(CN1C[C@H](C(=O)N2CCCCC2)Oc2ccccc21)Nc1cc(Cl)c(Cl)cc1Cl. The molecule has 164 valence electrons. The molecular weight excluding hydrogens is 461 g/mol. The number of hydrogen-bond donors (Lipinski definition) is 1. The molecule has 1 saturated heterocycles. The zero-order chi connectivity index (χ0) is 22.0. The van der Waals surface area contributed by atoms with Gasteiger partial charge in [-0.3, -0.25) is 9.59 Å². The van der Waals surface area contributed by atoms with E-state index in [0.717, 1.165) is 38.0 Å². The Balaban J connectivity index is 1.50. The van der Waals surface area contributed by atoms with E-state index in [1.807, 2.05) is 34.1 Å². The van der Waals surface area contributed by atoms with Gasteiger partial charge in [-0.2, -0.15) is 0 Å². The van der Waals surface area contributed by atoms with Gasteiger partial charge in [0.05, 0.1) is 39.5 Å². The molecule has 0 aromatic heterocycles. The quantitative estimate of drug-likeness (QED) is 0.632. The number of para-hydroxylation sites is 2. The molecule has 2 aliphatic heterocycles. The summed E-state index contributed by atoms with van der Waals surface area (Å²) in [7, 11) is 0. The number of benzene rings is 2. The van der Waals surface area contributed by atoms with Crippen molar-refractivity contribution < 1.29 is 14.3 Å². The lowest BCUT2D eigenvalue weighted by atomic mass is 10.1. The lowest BCUT2D eigenvalue weighted by molar-refractivity contribution is -0.139. The molecule has 1 N–H and O–H groups in total. The molecule has 4 rings (SSSR count). The fraction of sp³-hybridized carbons (Fsp3) is 0.364. The van der Waals surface area contributed by atoms with Gasteiger partial charge in [-0.25, -0.2) is 0 Å². The van der Waals surface area contributed by atoms with Crippen LogP contribution in [0, 0.1) is 0 Å². The molecule has 2 aliphatic rings. The predicted octanol–water partition coefficient (Wildman–Crippen LogP) is 4.87. The molecule has 1 fully saturated rings. The van der Waals surface area contributed by atoms with Crippen molar-refractivity contribution in [1.29, 1.82) is 0 Å². The lowest BCUT2D eigenvalue weighted by Crippen LogP contribution is -2.52. The summed E-state index contributed by atoms with van der Waals surface area (Å²) in [6.07, 6.45) is 2.49. The first-order valence-corrected chi connectivity index (χ1v) is 11.3. The van der Waals surface area contributed by atoms with Crippen molar-refractivity contribution >= 4 is 58.0 Å². The summed E-state index contributed by atoms with van der Waals surface area (Å²) < 4.78 is 6.01. The van der Waals surface area contributed by atoms with E-state index in [0.29, 0.717) is 26.5 Å². The zero-order valence-electron chi connectivity index (χ0n) is 16.7. The molecule has 31 heavy (non-hydrogen) atoms. The third-order valence-corrected chi connectivity index (χ3v) is 6.46. The third-order valence-electron chi connectivity index (χ3n) is 5.42. The molecule has 6 nitrogen and oxygen atoms in total. The third kappa shape index (κ3) is 5.03. The van der Waals surface area contributed by atoms with Gasteiger partial charge in [0.25, 0.3) is 5.91 Å². The second-order valence-corrected chi connectivity index (χ2v) is 8.86. The average Bonchev–Trinajstić information content (AvgIpc) is 2.77. The van der Waals surface area contributed by atoms with Crippen molar-refractivity contribution in [1.82, 2.24) is 4.90 Å². The van der Waals surface area contributed by atoms with Crippen LogP contribution in [0.1, 0.15) is 19.3 Å². The number of amides is 2. The van der Waals surface area contributed by atoms with Crippen molar-refractivity contribution in [3.05, 3.63) is 51.5 Å². The van der Waals surface area contributed by atoms with Crippen LogP contribution >= 0.6 is 34.8 Å². The van der Waals surface area contributed by atoms with Crippen LogP contribution in [-0.2, 0) is 9.59 Å². The highest BCUT2D eigenvalue weighted by molar-refractivity contribution is 6.44. The molecule has 2 aromatic carbocycles. The van der Waals surface area contributed by atoms with E-state index in [1.54, 1.807) is 0 Å². The first-order valence-electron chi connectivity index (χ1n) is 10.2. The number of carbonyl (C=O) groups excluding carboxylic acids is 2. The minimum absolute atomic E-state index is 0.0285. The van der Waals surface area contributed by atoms with E-state index >= 15 is 0 Å². The van der Waals surface area contributed by atoms with Crippen LogP contribution < -0.4 is 15.0 Å². The molecule has 0 aliphatic carbocycles. The Hall–Kier alpha value is -2.15. The first-order chi connectivity index (χ1) is 14.9. The van der Waals surface area contributed by atoms with Crippen molar-refractivity contribution in [3.63, 3.8) is 0 Å². The van der Waals surface area contributed by atoms with Crippen molar-refractivity contribution in [2.75, 3.05) is 36.4 Å². The molecule has 2 amide bonds. The maximum absolute atomic E-state index is 13.0. The van der Waals surface area contributed by atoms with E-state index in [1.165, 1.54) is 12.1 Å². The van der Waals surface area contributed by atoms with Gasteiger partial charge >= 0.3 is 0 Å². The van der Waals surface area contributed by atoms with Gasteiger partial charge in [-0.05, 0) is 43.5 Å². The number of ether oxygens (including phenoxy) is 1. The largest absolute Gasteiger partial charge is 0.477 e. The van der Waals surface area contributed by atoms with Gasteiger partial charge in [0.15, 0.2) is 6.10 Å². The van der Waals surface area contributed by atoms with Gasteiger partial charge in [-0.1, -0.05) is 46.9 Å². The molecule has 0 unspecified atom stereocenters. The Labute approximate surface area is 196 Å². The molecule has 0 bridgehead atoms. The highest BCUT2D eigenvalue weighted by Gasteiger charge is 2.34. The van der Waals surface area contributed by atoms with Crippen LogP contribution in [0.15, 0.2) is 36.4 Å². The van der Waals surface area contributed by atoms with Crippen LogP contribution in [0.2, 0.25) is 15.1 Å². The van der Waals surface area contributed by atoms with Crippen LogP contribution in [0.3, 0.4) is 0 Å². The molecule has 1 atom stereocenters. The second-order valence-electron chi connectivity index (χ2n) is 7.64. The van der Waals surface area contributed by atoms with Gasteiger partial charge in [0.1, 0.15) is 5.75 Å². The van der Waals surface area contributed by atoms with Crippen LogP contribution in [0.25, 0.3) is 0 Å². The Morgan fingerprint density at radius 3 is 2.48 bits per heavy atom. The number of carbonyl (C=O) groups is 2. The standard InChI is InChI=1S/C22H22Cl3N3O3/c23-14-10-16(25)17(11-15(14)24)26-21(29)13-28-12-20(22(30)27-8-4-1-5-9-27)31-19-7-3-2-6-18(19)28/h2-3,6-7,10-11,20H,1,4-5,8-9,12-13H2,(H,26,29)/t20-/m1/s1. The molecule has 0 spiro atoms. The summed E-state index contributed by atoms with van der Waals surface area (Å²) in [5.74, 6) is 0.262. The van der Waals surface area contributed by atoms with Crippen molar-refractivity contribution in [2.45, 2.75) is 25.4 Å². The minimum Gasteiger partial charge on any atom is -0.477 e. The predicted molar refractivity (Wildman–Crippen MR) is 124 cm³/mol. The maximum Gasteiger partial charge on any atom is 0.265 e. The van der Waals surface area contributed by atoms with E-state index < -0.39 is 6.10 Å². The summed E-state index contributed by atoms with van der Waals surface area (Å²) >= 11 is 18.2. The van der Waals surface area contributed by atoms with Crippen molar-refractivity contribution in [3.8, 4) is 5.75 Å². The fourth-order valence-corrected chi connectivity index (χ4v) is 4.48. The number of likely N-dealkylation sites (tertiary alicyclic amines) is 1. The van der Waals surface area contributed by atoms with E-state index in [-0.39, 0.29) is 24.9 Å².